The van der Waals surface area contributed by atoms with Crippen LogP contribution < -0.4 is 0 Å². The fourth-order valence-electron chi connectivity index (χ4n) is 2.16. The third-order valence-corrected chi connectivity index (χ3v) is 8.32. The number of hydrogen-bond donors (Lipinski definition) is 0. The molecule has 0 unspecified atom stereocenters. The second-order valence-corrected chi connectivity index (χ2v) is 18.2. The molecule has 0 spiro atoms. The van der Waals surface area contributed by atoms with Gasteiger partial charge >= 0.3 is 30.2 Å². The van der Waals surface area contributed by atoms with Gasteiger partial charge in [-0.25, -0.2) is 23.3 Å². The molecule has 2 aliphatic carbocycles. The third-order valence-electron chi connectivity index (χ3n) is 3.82. The molecule has 0 fully saturated rings. The molecule has 0 saturated carbocycles. The van der Waals surface area contributed by atoms with Crippen LogP contribution in [0.4, 0.5) is 0 Å². The average Bonchev–Trinajstić information content (AvgIpc) is 3.00. The van der Waals surface area contributed by atoms with Crippen LogP contribution in [0, 0.1) is 27.0 Å². The third kappa shape index (κ3) is 15.0. The Morgan fingerprint density at radius 1 is 0.731 bits per heavy atom. The van der Waals surface area contributed by atoms with Gasteiger partial charge in [-0.05, 0) is 0 Å². The molecule has 0 atom stereocenters. The van der Waals surface area contributed by atoms with Crippen LogP contribution >= 0.6 is 24.8 Å². The zero-order chi connectivity index (χ0) is 17.6. The SMILES string of the molecule is CC1=[C-]CC([Si](C)(C)C)=C1.CC1=[C-]CC([Si](C)(C)C)=C1.Cl.Cl.[CH3-].[CH3-].[SiH2]=[Zr]. The normalized spacial score (nSPS) is 14.6. The van der Waals surface area contributed by atoms with Crippen LogP contribution in [-0.4, -0.2) is 23.0 Å². The molecule has 0 aromatic carbocycles. The van der Waals surface area contributed by atoms with Crippen LogP contribution in [0.1, 0.15) is 26.7 Å². The maximum atomic E-state index is 3.33. The topological polar surface area (TPSA) is 0 Å². The quantitative estimate of drug-likeness (QED) is 0.277. The van der Waals surface area contributed by atoms with Gasteiger partial charge in [0.2, 0.25) is 0 Å². The van der Waals surface area contributed by atoms with Crippen LogP contribution in [0.3, 0.4) is 0 Å². The number of allylic oxidation sites excluding steroid dienone is 8. The van der Waals surface area contributed by atoms with Gasteiger partial charge in [0.05, 0.1) is 16.1 Å². The first-order valence-corrected chi connectivity index (χ1v) is 20.8. The van der Waals surface area contributed by atoms with E-state index >= 15 is 0 Å². The van der Waals surface area contributed by atoms with E-state index in [0.717, 1.165) is 12.8 Å². The van der Waals surface area contributed by atoms with E-state index in [4.69, 9.17) is 0 Å². The molecule has 0 amide bonds. The average molecular weight is 527 g/mol. The van der Waals surface area contributed by atoms with Crippen molar-refractivity contribution in [1.82, 2.24) is 0 Å². The summed E-state index contributed by atoms with van der Waals surface area (Å²) < 4.78 is 0. The molecular formula is C20H40Cl2Si3Zr-4. The maximum absolute atomic E-state index is 3.33. The molecule has 154 valence electrons. The fraction of sp³-hybridized carbons (Fsp3) is 0.500. The Bertz CT molecular complexity index is 462. The van der Waals surface area contributed by atoms with Crippen molar-refractivity contribution in [2.45, 2.75) is 66.0 Å². The molecule has 0 heterocycles. The van der Waals surface area contributed by atoms with Crippen molar-refractivity contribution >= 4 is 47.8 Å². The van der Waals surface area contributed by atoms with E-state index in [0.29, 0.717) is 0 Å². The summed E-state index contributed by atoms with van der Waals surface area (Å²) in [5.74, 6) is 0. The molecule has 0 bridgehead atoms. The Labute approximate surface area is 196 Å². The van der Waals surface area contributed by atoms with Crippen molar-refractivity contribution < 1.29 is 23.3 Å². The standard InChI is InChI=1S/2C9H15Si.2CH3.2ClH.H2Si.Zr/c2*1-8-5-6-9(7-8)10(2,3)4;;;;;;/h2*7H,6H2,1-4H3;2*1H3;2*1H;1H2;/q4*-1;;;;. The van der Waals surface area contributed by atoms with Crippen LogP contribution in [0.15, 0.2) is 33.7 Å². The van der Waals surface area contributed by atoms with Crippen molar-refractivity contribution in [2.24, 2.45) is 0 Å². The predicted octanol–water partition coefficient (Wildman–Crippen LogP) is 6.71. The van der Waals surface area contributed by atoms with Crippen LogP contribution in [0.2, 0.25) is 39.3 Å². The summed E-state index contributed by atoms with van der Waals surface area (Å²) >= 11 is 1.58. The molecule has 2 aliphatic rings. The minimum atomic E-state index is -0.988. The van der Waals surface area contributed by atoms with Crippen molar-refractivity contribution in [3.8, 4) is 0 Å². The Hall–Kier alpha value is 1.07. The van der Waals surface area contributed by atoms with Gasteiger partial charge < -0.3 is 14.9 Å². The van der Waals surface area contributed by atoms with Crippen molar-refractivity contribution in [2.75, 3.05) is 0 Å². The molecule has 0 aliphatic heterocycles. The monoisotopic (exact) mass is 524 g/mol. The predicted molar refractivity (Wildman–Crippen MR) is 133 cm³/mol. The molecule has 6 heteroatoms. The van der Waals surface area contributed by atoms with Gasteiger partial charge in [0, 0.05) is 0 Å². The van der Waals surface area contributed by atoms with E-state index in [1.807, 2.05) is 6.88 Å². The Morgan fingerprint density at radius 3 is 1.04 bits per heavy atom. The second-order valence-electron chi connectivity index (χ2n) is 7.91. The van der Waals surface area contributed by atoms with Crippen LogP contribution in [-0.2, 0) is 23.3 Å². The van der Waals surface area contributed by atoms with Crippen LogP contribution in [0.25, 0.3) is 0 Å². The molecule has 0 aromatic rings. The minimum absolute atomic E-state index is 0. The molecular weight excluding hydrogens is 487 g/mol. The van der Waals surface area contributed by atoms with E-state index in [9.17, 15) is 0 Å². The van der Waals surface area contributed by atoms with Crippen molar-refractivity contribution in [1.29, 1.82) is 0 Å². The molecule has 0 aromatic heterocycles. The summed E-state index contributed by atoms with van der Waals surface area (Å²) in [6.45, 7) is 20.5. The van der Waals surface area contributed by atoms with Gasteiger partial charge in [-0.1, -0.05) is 53.1 Å². The molecule has 26 heavy (non-hydrogen) atoms. The Kier molecular flexibility index (Phi) is 24.7. The van der Waals surface area contributed by atoms with Gasteiger partial charge in [0.25, 0.3) is 0 Å². The summed E-state index contributed by atoms with van der Waals surface area (Å²) in [6, 6.07) is 0. The van der Waals surface area contributed by atoms with Crippen LogP contribution in [0.5, 0.6) is 0 Å². The molecule has 2 rings (SSSR count). The molecule has 0 radical (unpaired) electrons. The van der Waals surface area contributed by atoms with Gasteiger partial charge in [0.1, 0.15) is 0 Å². The summed E-state index contributed by atoms with van der Waals surface area (Å²) in [5.41, 5.74) is 2.66. The number of halogens is 2. The number of rotatable bonds is 2. The van der Waals surface area contributed by atoms with E-state index in [2.05, 4.69) is 77.4 Å². The molecule has 0 N–H and O–H groups in total. The van der Waals surface area contributed by atoms with Crippen molar-refractivity contribution in [3.05, 3.63) is 60.7 Å². The van der Waals surface area contributed by atoms with E-state index in [1.165, 1.54) is 11.1 Å². The molecule has 0 saturated heterocycles. The summed E-state index contributed by atoms with van der Waals surface area (Å²) in [6.07, 6.45) is 13.5. The number of hydrogen-bond acceptors (Lipinski definition) is 0. The summed E-state index contributed by atoms with van der Waals surface area (Å²) in [7, 11) is -1.98. The zero-order valence-electron chi connectivity index (χ0n) is 18.6. The fourth-order valence-corrected chi connectivity index (χ4v) is 4.70. The van der Waals surface area contributed by atoms with Gasteiger partial charge in [-0.15, -0.1) is 37.7 Å². The van der Waals surface area contributed by atoms with Crippen molar-refractivity contribution in [3.63, 3.8) is 0 Å². The Balaban J connectivity index is -0.0000000904. The van der Waals surface area contributed by atoms with Gasteiger partial charge in [-0.3, -0.25) is 12.2 Å². The zero-order valence-corrected chi connectivity index (χ0v) is 26.1. The first kappa shape index (κ1) is 37.8. The van der Waals surface area contributed by atoms with E-state index < -0.39 is 16.1 Å². The molecule has 0 nitrogen and oxygen atoms in total. The van der Waals surface area contributed by atoms with Gasteiger partial charge in [0.15, 0.2) is 0 Å². The summed E-state index contributed by atoms with van der Waals surface area (Å²) in [4.78, 5) is 0. The van der Waals surface area contributed by atoms with E-state index in [-0.39, 0.29) is 39.7 Å². The second kappa shape index (κ2) is 17.0. The first-order chi connectivity index (χ1) is 10.00. The van der Waals surface area contributed by atoms with Gasteiger partial charge in [-0.2, -0.15) is 10.4 Å². The Morgan fingerprint density at radius 2 is 0.962 bits per heavy atom. The van der Waals surface area contributed by atoms with E-state index in [1.54, 1.807) is 33.7 Å². The first-order valence-electron chi connectivity index (χ1n) is 7.92. The summed E-state index contributed by atoms with van der Waals surface area (Å²) in [5, 5.41) is 3.29.